The number of aliphatic hydroxyl groups excluding tert-OH is 2. The quantitative estimate of drug-likeness (QED) is 0.345. The van der Waals surface area contributed by atoms with Crippen molar-refractivity contribution in [1.29, 1.82) is 0 Å². The number of carbonyl (C=O) groups is 1. The Labute approximate surface area is 229 Å². The molecule has 0 radical (unpaired) electrons. The Balaban J connectivity index is 1.21. The number of rotatable bonds is 7. The van der Waals surface area contributed by atoms with Crippen LogP contribution in [0.3, 0.4) is 0 Å². The minimum Gasteiger partial charge on any atom is -0.449 e. The molecule has 5 rings (SSSR count). The van der Waals surface area contributed by atoms with E-state index in [-0.39, 0.29) is 29.1 Å². The van der Waals surface area contributed by atoms with E-state index in [1.54, 1.807) is 0 Å². The van der Waals surface area contributed by atoms with Crippen molar-refractivity contribution in [3.05, 3.63) is 0 Å². The van der Waals surface area contributed by atoms with Gasteiger partial charge in [0.1, 0.15) is 0 Å². The third kappa shape index (κ3) is 5.09. The molecule has 11 atom stereocenters. The number of ether oxygens (including phenoxy) is 1. The van der Waals surface area contributed by atoms with Gasteiger partial charge >= 0.3 is 6.09 Å². The summed E-state index contributed by atoms with van der Waals surface area (Å²) in [5.41, 5.74) is 0.508. The van der Waals surface area contributed by atoms with Gasteiger partial charge in [-0.05, 0) is 116 Å². The van der Waals surface area contributed by atoms with Crippen LogP contribution >= 0.6 is 12.1 Å². The second-order valence-electron chi connectivity index (χ2n) is 13.9. The summed E-state index contributed by atoms with van der Waals surface area (Å²) in [6.07, 6.45) is 11.4. The van der Waals surface area contributed by atoms with Crippen molar-refractivity contribution in [2.24, 2.45) is 52.3 Å². The van der Waals surface area contributed by atoms with Crippen LogP contribution < -0.4 is 4.72 Å². The maximum Gasteiger partial charge on any atom is 0.418 e. The van der Waals surface area contributed by atoms with E-state index in [2.05, 4.69) is 36.7 Å². The molecule has 0 bridgehead atoms. The van der Waals surface area contributed by atoms with Gasteiger partial charge in [-0.2, -0.15) is 0 Å². The molecule has 3 unspecified atom stereocenters. The zero-order valence-electron chi connectivity index (χ0n) is 23.7. The van der Waals surface area contributed by atoms with E-state index in [0.717, 1.165) is 45.2 Å². The second-order valence-corrected chi connectivity index (χ2v) is 14.8. The Hall–Kier alpha value is -0.500. The molecule has 1 heterocycles. The van der Waals surface area contributed by atoms with Crippen LogP contribution in [0.5, 0.6) is 0 Å². The minimum atomic E-state index is -0.323. The molecule has 7 heteroatoms. The first-order valence-electron chi connectivity index (χ1n) is 15.4. The number of nitrogens with zero attached hydrogens (tertiary/aromatic N) is 1. The van der Waals surface area contributed by atoms with Gasteiger partial charge in [-0.3, -0.25) is 4.72 Å². The standard InChI is InChI=1S/C30H52N2O4S/c1-5-21-25-18-20(33)10-13-30(25,4)24-11-14-29(3)22(8-9-23(29)26(24)27(21)34)19(2)12-17-36-28(35)31-37-32-15-6-7-16-32/h19-27,33-34H,5-18H2,1-4H3,(H,31,35)/t19-,20-,21-,22?,23?,24?,25+,26+,27-,29-,30-/m1/s1. The molecule has 5 aliphatic rings. The summed E-state index contributed by atoms with van der Waals surface area (Å²) in [4.78, 5) is 12.2. The van der Waals surface area contributed by atoms with Crippen LogP contribution in [0.15, 0.2) is 0 Å². The van der Waals surface area contributed by atoms with E-state index < -0.39 is 0 Å². The molecular weight excluding hydrogens is 484 g/mol. The number of fused-ring (bicyclic) bond motifs is 5. The Morgan fingerprint density at radius 1 is 1.05 bits per heavy atom. The van der Waals surface area contributed by atoms with Gasteiger partial charge in [0, 0.05) is 25.2 Å². The van der Waals surface area contributed by atoms with Gasteiger partial charge in [-0.15, -0.1) is 0 Å². The molecule has 0 aromatic rings. The topological polar surface area (TPSA) is 82.0 Å². The van der Waals surface area contributed by atoms with Crippen molar-refractivity contribution in [1.82, 2.24) is 9.03 Å². The highest BCUT2D eigenvalue weighted by Gasteiger charge is 2.64. The second kappa shape index (κ2) is 11.2. The first-order chi connectivity index (χ1) is 17.7. The Morgan fingerprint density at radius 2 is 1.76 bits per heavy atom. The first kappa shape index (κ1) is 28.0. The highest BCUT2D eigenvalue weighted by atomic mass is 32.2. The third-order valence-corrected chi connectivity index (χ3v) is 13.2. The molecule has 6 nitrogen and oxygen atoms in total. The van der Waals surface area contributed by atoms with Gasteiger partial charge in [0.15, 0.2) is 0 Å². The number of carbonyl (C=O) groups excluding carboxylic acids is 1. The monoisotopic (exact) mass is 536 g/mol. The zero-order valence-corrected chi connectivity index (χ0v) is 24.5. The fourth-order valence-corrected chi connectivity index (χ4v) is 11.1. The van der Waals surface area contributed by atoms with Crippen LogP contribution in [0, 0.1) is 52.3 Å². The van der Waals surface area contributed by atoms with Gasteiger partial charge in [0.2, 0.25) is 0 Å². The summed E-state index contributed by atoms with van der Waals surface area (Å²) in [7, 11) is 0. The van der Waals surface area contributed by atoms with Gasteiger partial charge in [-0.25, -0.2) is 9.10 Å². The van der Waals surface area contributed by atoms with Gasteiger partial charge in [-0.1, -0.05) is 34.1 Å². The minimum absolute atomic E-state index is 0.190. The normalized spacial score (nSPS) is 46.5. The van der Waals surface area contributed by atoms with Crippen LogP contribution in [-0.4, -0.2) is 52.5 Å². The molecule has 1 saturated heterocycles. The summed E-state index contributed by atoms with van der Waals surface area (Å²) in [6, 6.07) is 0. The Bertz CT molecular complexity index is 808. The molecule has 37 heavy (non-hydrogen) atoms. The highest BCUT2D eigenvalue weighted by molar-refractivity contribution is 7.95. The van der Waals surface area contributed by atoms with Crippen LogP contribution in [0.2, 0.25) is 0 Å². The number of hydrogen-bond donors (Lipinski definition) is 3. The number of hydrogen-bond acceptors (Lipinski definition) is 6. The lowest BCUT2D eigenvalue weighted by Gasteiger charge is -2.64. The van der Waals surface area contributed by atoms with Gasteiger partial charge in [0.05, 0.1) is 18.8 Å². The third-order valence-electron chi connectivity index (χ3n) is 12.3. The number of amides is 1. The molecule has 0 spiro atoms. The first-order valence-corrected chi connectivity index (χ1v) is 16.2. The molecule has 1 aliphatic heterocycles. The lowest BCUT2D eigenvalue weighted by molar-refractivity contribution is -0.203. The molecule has 4 aliphatic carbocycles. The van der Waals surface area contributed by atoms with Crippen molar-refractivity contribution in [3.8, 4) is 0 Å². The van der Waals surface area contributed by atoms with E-state index in [1.807, 2.05) is 0 Å². The maximum absolute atomic E-state index is 12.2. The summed E-state index contributed by atoms with van der Waals surface area (Å²) in [5, 5.41) is 22.4. The number of aliphatic hydroxyl groups is 2. The highest BCUT2D eigenvalue weighted by Crippen LogP contribution is 2.69. The zero-order chi connectivity index (χ0) is 26.4. The fraction of sp³-hybridized carbons (Fsp3) is 0.967. The molecule has 1 amide bonds. The summed E-state index contributed by atoms with van der Waals surface area (Å²) >= 11 is 1.38. The average Bonchev–Trinajstić information content (AvgIpc) is 3.51. The summed E-state index contributed by atoms with van der Waals surface area (Å²) < 4.78 is 10.6. The van der Waals surface area contributed by atoms with Crippen LogP contribution in [0.4, 0.5) is 4.79 Å². The Kier molecular flexibility index (Phi) is 8.47. The summed E-state index contributed by atoms with van der Waals surface area (Å²) in [6.45, 7) is 12.2. The maximum atomic E-state index is 12.2. The van der Waals surface area contributed by atoms with E-state index in [0.29, 0.717) is 48.0 Å². The molecule has 212 valence electrons. The fourth-order valence-electron chi connectivity index (χ4n) is 10.4. The van der Waals surface area contributed by atoms with E-state index in [4.69, 9.17) is 4.74 Å². The Morgan fingerprint density at radius 3 is 2.49 bits per heavy atom. The molecule has 0 aromatic carbocycles. The summed E-state index contributed by atoms with van der Waals surface area (Å²) in [5.74, 6) is 3.43. The lowest BCUT2D eigenvalue weighted by Crippen LogP contribution is -2.62. The van der Waals surface area contributed by atoms with Crippen molar-refractivity contribution >= 4 is 18.2 Å². The van der Waals surface area contributed by atoms with E-state index >= 15 is 0 Å². The van der Waals surface area contributed by atoms with Gasteiger partial charge in [0.25, 0.3) is 0 Å². The predicted molar refractivity (Wildman–Crippen MR) is 148 cm³/mol. The SMILES string of the molecule is CC[C@H]1[C@@H](O)[C@H]2C3CCC([C@H](C)CCOC(=O)NSN4CCCC4)[C@@]3(C)CCC2[C@@]2(C)CC[C@@H](O)C[C@@H]12. The van der Waals surface area contributed by atoms with E-state index in [9.17, 15) is 15.0 Å². The molecule has 4 saturated carbocycles. The van der Waals surface area contributed by atoms with Crippen molar-refractivity contribution in [2.75, 3.05) is 19.7 Å². The lowest BCUT2D eigenvalue weighted by atomic mass is 9.41. The smallest absolute Gasteiger partial charge is 0.418 e. The van der Waals surface area contributed by atoms with Crippen molar-refractivity contribution in [3.63, 3.8) is 0 Å². The van der Waals surface area contributed by atoms with Gasteiger partial charge < -0.3 is 14.9 Å². The van der Waals surface area contributed by atoms with Crippen molar-refractivity contribution < 1.29 is 19.7 Å². The van der Waals surface area contributed by atoms with Crippen LogP contribution in [0.1, 0.15) is 98.3 Å². The molecule has 5 fully saturated rings. The molecule has 3 N–H and O–H groups in total. The largest absolute Gasteiger partial charge is 0.449 e. The van der Waals surface area contributed by atoms with Crippen LogP contribution in [-0.2, 0) is 4.74 Å². The predicted octanol–water partition coefficient (Wildman–Crippen LogP) is 6.02. The van der Waals surface area contributed by atoms with Crippen LogP contribution in [0.25, 0.3) is 0 Å². The van der Waals surface area contributed by atoms with E-state index in [1.165, 1.54) is 50.7 Å². The van der Waals surface area contributed by atoms with Crippen molar-refractivity contribution in [2.45, 2.75) is 111 Å². The molecular formula is C30H52N2O4S. The molecule has 0 aromatic heterocycles. The number of nitrogens with one attached hydrogen (secondary N) is 1. The average molecular weight is 537 g/mol.